The standard InChI is InChI=1S/C22H32N4O3/c1-4-16-8-10-17(11-9-16)18(25(2)3)14-23-19(27)15-26-20(28)22(24-21(26)29)12-6-5-7-13-22/h8-11,18H,4-7,12-15H2,1-3H3,(H,23,27)(H,24,29). The van der Waals surface area contributed by atoms with Crippen LogP contribution in [0.25, 0.3) is 0 Å². The van der Waals surface area contributed by atoms with Crippen molar-refractivity contribution in [1.82, 2.24) is 20.4 Å². The van der Waals surface area contributed by atoms with Gasteiger partial charge in [0.1, 0.15) is 12.1 Å². The Balaban J connectivity index is 1.59. The topological polar surface area (TPSA) is 81.8 Å². The number of likely N-dealkylation sites (N-methyl/N-ethyl adjacent to an activating group) is 1. The Kier molecular flexibility index (Phi) is 6.57. The van der Waals surface area contributed by atoms with E-state index < -0.39 is 11.6 Å². The number of rotatable bonds is 7. The summed E-state index contributed by atoms with van der Waals surface area (Å²) in [6.07, 6.45) is 5.23. The second-order valence-corrected chi connectivity index (χ2v) is 8.34. The van der Waals surface area contributed by atoms with Crippen molar-refractivity contribution in [3.63, 3.8) is 0 Å². The van der Waals surface area contributed by atoms with E-state index in [1.807, 2.05) is 19.0 Å². The van der Waals surface area contributed by atoms with Gasteiger partial charge in [0.05, 0.1) is 6.04 Å². The molecule has 1 heterocycles. The molecule has 1 aromatic carbocycles. The van der Waals surface area contributed by atoms with Gasteiger partial charge in [0.2, 0.25) is 5.91 Å². The van der Waals surface area contributed by atoms with Gasteiger partial charge < -0.3 is 15.5 Å². The van der Waals surface area contributed by atoms with Crippen LogP contribution in [0, 0.1) is 0 Å². The predicted octanol–water partition coefficient (Wildman–Crippen LogP) is 2.22. The molecule has 2 aliphatic rings. The number of hydrogen-bond acceptors (Lipinski definition) is 4. The molecular weight excluding hydrogens is 368 g/mol. The van der Waals surface area contributed by atoms with Gasteiger partial charge in [-0.15, -0.1) is 0 Å². The first kappa shape index (κ1) is 21.3. The van der Waals surface area contributed by atoms with Crippen LogP contribution in [0.2, 0.25) is 0 Å². The first-order valence-electron chi connectivity index (χ1n) is 10.5. The van der Waals surface area contributed by atoms with Crippen molar-refractivity contribution >= 4 is 17.8 Å². The Morgan fingerprint density at radius 3 is 2.41 bits per heavy atom. The van der Waals surface area contributed by atoms with Crippen molar-refractivity contribution in [2.24, 2.45) is 0 Å². The lowest BCUT2D eigenvalue weighted by Crippen LogP contribution is -2.49. The van der Waals surface area contributed by atoms with Crippen molar-refractivity contribution in [2.75, 3.05) is 27.2 Å². The molecule has 0 radical (unpaired) electrons. The molecule has 1 unspecified atom stereocenters. The zero-order valence-electron chi connectivity index (χ0n) is 17.7. The minimum Gasteiger partial charge on any atom is -0.353 e. The van der Waals surface area contributed by atoms with Crippen LogP contribution in [0.5, 0.6) is 0 Å². The summed E-state index contributed by atoms with van der Waals surface area (Å²) in [4.78, 5) is 40.8. The largest absolute Gasteiger partial charge is 0.353 e. The van der Waals surface area contributed by atoms with Gasteiger partial charge >= 0.3 is 6.03 Å². The molecule has 4 amide bonds. The average molecular weight is 401 g/mol. The lowest BCUT2D eigenvalue weighted by Gasteiger charge is -2.30. The van der Waals surface area contributed by atoms with E-state index >= 15 is 0 Å². The second-order valence-electron chi connectivity index (χ2n) is 8.34. The number of nitrogens with zero attached hydrogens (tertiary/aromatic N) is 2. The maximum absolute atomic E-state index is 12.8. The molecule has 1 aliphatic heterocycles. The van der Waals surface area contributed by atoms with Crippen LogP contribution in [0.4, 0.5) is 4.79 Å². The van der Waals surface area contributed by atoms with E-state index in [0.717, 1.165) is 36.1 Å². The Morgan fingerprint density at radius 2 is 1.83 bits per heavy atom. The fraction of sp³-hybridized carbons (Fsp3) is 0.591. The van der Waals surface area contributed by atoms with Gasteiger partial charge in [-0.3, -0.25) is 14.5 Å². The summed E-state index contributed by atoms with van der Waals surface area (Å²) >= 11 is 0. The van der Waals surface area contributed by atoms with E-state index in [0.29, 0.717) is 19.4 Å². The minimum atomic E-state index is -0.789. The minimum absolute atomic E-state index is 0.0117. The highest BCUT2D eigenvalue weighted by Crippen LogP contribution is 2.33. The average Bonchev–Trinajstić information content (AvgIpc) is 2.93. The third kappa shape index (κ3) is 4.61. The van der Waals surface area contributed by atoms with Crippen molar-refractivity contribution in [3.8, 4) is 0 Å². The summed E-state index contributed by atoms with van der Waals surface area (Å²) < 4.78 is 0. The molecule has 29 heavy (non-hydrogen) atoms. The molecule has 1 spiro atoms. The quantitative estimate of drug-likeness (QED) is 0.688. The van der Waals surface area contributed by atoms with Gasteiger partial charge in [0.15, 0.2) is 0 Å². The molecule has 1 aromatic rings. The molecule has 2 fully saturated rings. The Morgan fingerprint density at radius 1 is 1.17 bits per heavy atom. The van der Waals surface area contributed by atoms with Crippen molar-refractivity contribution in [3.05, 3.63) is 35.4 Å². The van der Waals surface area contributed by atoms with Crippen molar-refractivity contribution < 1.29 is 14.4 Å². The van der Waals surface area contributed by atoms with E-state index in [4.69, 9.17) is 0 Å². The third-order valence-corrected chi connectivity index (χ3v) is 6.14. The molecule has 3 rings (SSSR count). The number of carbonyl (C=O) groups excluding carboxylic acids is 3. The Bertz CT molecular complexity index is 754. The first-order chi connectivity index (χ1) is 13.9. The molecule has 7 heteroatoms. The van der Waals surface area contributed by atoms with Crippen LogP contribution in [0.1, 0.15) is 56.2 Å². The van der Waals surface area contributed by atoms with Gasteiger partial charge in [-0.05, 0) is 44.5 Å². The SMILES string of the molecule is CCc1ccc(C(CNC(=O)CN2C(=O)NC3(CCCCC3)C2=O)N(C)C)cc1. The molecule has 1 aliphatic carbocycles. The highest BCUT2D eigenvalue weighted by molar-refractivity contribution is 6.09. The zero-order valence-corrected chi connectivity index (χ0v) is 17.7. The molecule has 1 saturated heterocycles. The molecule has 1 atom stereocenters. The maximum atomic E-state index is 12.8. The van der Waals surface area contributed by atoms with E-state index in [-0.39, 0.29) is 24.4 Å². The summed E-state index contributed by atoms with van der Waals surface area (Å²) in [5.74, 6) is -0.574. The first-order valence-corrected chi connectivity index (χ1v) is 10.5. The summed E-state index contributed by atoms with van der Waals surface area (Å²) in [5, 5.41) is 5.74. The van der Waals surface area contributed by atoms with Crippen molar-refractivity contribution in [1.29, 1.82) is 0 Å². The monoisotopic (exact) mass is 400 g/mol. The molecular formula is C22H32N4O3. The number of amides is 4. The molecule has 2 N–H and O–H groups in total. The number of urea groups is 1. The Hall–Kier alpha value is -2.41. The molecule has 1 saturated carbocycles. The molecule has 0 bridgehead atoms. The third-order valence-electron chi connectivity index (χ3n) is 6.14. The lowest BCUT2D eigenvalue weighted by molar-refractivity contribution is -0.135. The summed E-state index contributed by atoms with van der Waals surface area (Å²) in [7, 11) is 3.93. The number of benzene rings is 1. The smallest absolute Gasteiger partial charge is 0.325 e. The number of imide groups is 1. The highest BCUT2D eigenvalue weighted by atomic mass is 16.2. The van der Waals surface area contributed by atoms with E-state index in [2.05, 4.69) is 41.8 Å². The van der Waals surface area contributed by atoms with Gasteiger partial charge in [-0.1, -0.05) is 50.5 Å². The lowest BCUT2D eigenvalue weighted by atomic mass is 9.82. The van der Waals surface area contributed by atoms with Crippen LogP contribution < -0.4 is 10.6 Å². The normalized spacial score (nSPS) is 19.5. The second kappa shape index (κ2) is 8.95. The van der Waals surface area contributed by atoms with Crippen LogP contribution >= 0.6 is 0 Å². The molecule has 0 aromatic heterocycles. The molecule has 158 valence electrons. The van der Waals surface area contributed by atoms with E-state index in [9.17, 15) is 14.4 Å². The van der Waals surface area contributed by atoms with Gasteiger partial charge in [0, 0.05) is 6.54 Å². The van der Waals surface area contributed by atoms with E-state index in [1.165, 1.54) is 5.56 Å². The maximum Gasteiger partial charge on any atom is 0.325 e. The van der Waals surface area contributed by atoms with Crippen LogP contribution in [-0.4, -0.2) is 60.4 Å². The summed E-state index contributed by atoms with van der Waals surface area (Å²) in [6.45, 7) is 2.29. The Labute approximate surface area is 172 Å². The van der Waals surface area contributed by atoms with Crippen LogP contribution in [0.15, 0.2) is 24.3 Å². The number of aryl methyl sites for hydroxylation is 1. The fourth-order valence-corrected chi connectivity index (χ4v) is 4.30. The number of carbonyl (C=O) groups is 3. The number of nitrogens with one attached hydrogen (secondary N) is 2. The predicted molar refractivity (Wildman–Crippen MR) is 111 cm³/mol. The van der Waals surface area contributed by atoms with Crippen LogP contribution in [0.3, 0.4) is 0 Å². The van der Waals surface area contributed by atoms with E-state index in [1.54, 1.807) is 0 Å². The van der Waals surface area contributed by atoms with Gasteiger partial charge in [0.25, 0.3) is 5.91 Å². The summed E-state index contributed by atoms with van der Waals surface area (Å²) in [5.41, 5.74) is 1.59. The zero-order chi connectivity index (χ0) is 21.0. The van der Waals surface area contributed by atoms with Gasteiger partial charge in [-0.2, -0.15) is 0 Å². The number of hydrogen-bond donors (Lipinski definition) is 2. The van der Waals surface area contributed by atoms with Gasteiger partial charge in [-0.25, -0.2) is 4.79 Å². The summed E-state index contributed by atoms with van der Waals surface area (Å²) in [6, 6.07) is 7.93. The fourth-order valence-electron chi connectivity index (χ4n) is 4.30. The molecule has 7 nitrogen and oxygen atoms in total. The van der Waals surface area contributed by atoms with Crippen molar-refractivity contribution in [2.45, 2.75) is 57.0 Å². The highest BCUT2D eigenvalue weighted by Gasteiger charge is 2.51. The van der Waals surface area contributed by atoms with Crippen LogP contribution in [-0.2, 0) is 16.0 Å².